The number of amides is 1. The van der Waals surface area contributed by atoms with Crippen molar-refractivity contribution in [2.45, 2.75) is 32.6 Å². The Kier molecular flexibility index (Phi) is 9.07. The molecule has 0 atom stereocenters. The number of methoxy groups -OCH3 is 1. The maximum atomic E-state index is 12.4. The van der Waals surface area contributed by atoms with E-state index < -0.39 is 5.91 Å². The van der Waals surface area contributed by atoms with Crippen LogP contribution < -0.4 is 14.8 Å². The Morgan fingerprint density at radius 2 is 1.90 bits per heavy atom. The maximum absolute atomic E-state index is 12.4. The molecule has 2 rings (SSSR count). The largest absolute Gasteiger partial charge is 0.493 e. The lowest BCUT2D eigenvalue weighted by Gasteiger charge is -2.11. The Hall–Kier alpha value is -2.97. The summed E-state index contributed by atoms with van der Waals surface area (Å²) in [5, 5.41) is 12.6. The molecule has 0 bridgehead atoms. The van der Waals surface area contributed by atoms with Gasteiger partial charge in [-0.05, 0) is 54.5 Å². The van der Waals surface area contributed by atoms with E-state index in [1.165, 1.54) is 18.9 Å². The molecule has 2 aromatic carbocycles. The van der Waals surface area contributed by atoms with Crippen LogP contribution in [-0.2, 0) is 4.79 Å². The second-order valence-electron chi connectivity index (χ2n) is 6.45. The van der Waals surface area contributed by atoms with Gasteiger partial charge >= 0.3 is 0 Å². The monoisotopic (exact) mass is 412 g/mol. The molecule has 1 N–H and O–H groups in total. The lowest BCUT2D eigenvalue weighted by atomic mass is 10.1. The summed E-state index contributed by atoms with van der Waals surface area (Å²) in [6, 6.07) is 13.9. The molecule has 0 saturated heterocycles. The molecule has 0 radical (unpaired) electrons. The number of nitrogens with one attached hydrogen (secondary N) is 1. The van der Waals surface area contributed by atoms with Crippen molar-refractivity contribution in [2.24, 2.45) is 0 Å². The second-order valence-corrected chi connectivity index (χ2v) is 6.89. The zero-order valence-corrected chi connectivity index (χ0v) is 17.5. The zero-order chi connectivity index (χ0) is 21.1. The van der Waals surface area contributed by atoms with Crippen molar-refractivity contribution < 1.29 is 14.3 Å². The highest BCUT2D eigenvalue weighted by molar-refractivity contribution is 6.30. The minimum Gasteiger partial charge on any atom is -0.493 e. The number of nitriles is 1. The number of unbranched alkanes of at least 4 members (excludes halogenated alkanes) is 3. The zero-order valence-electron chi connectivity index (χ0n) is 16.7. The number of halogens is 1. The van der Waals surface area contributed by atoms with Crippen LogP contribution in [0.3, 0.4) is 0 Å². The molecule has 152 valence electrons. The fourth-order valence-corrected chi connectivity index (χ4v) is 2.78. The maximum Gasteiger partial charge on any atom is 0.266 e. The van der Waals surface area contributed by atoms with Crippen LogP contribution in [0.15, 0.2) is 48.0 Å². The third-order valence-electron chi connectivity index (χ3n) is 4.22. The van der Waals surface area contributed by atoms with E-state index in [1.54, 1.807) is 49.6 Å². The van der Waals surface area contributed by atoms with Crippen LogP contribution in [0.25, 0.3) is 6.08 Å². The van der Waals surface area contributed by atoms with E-state index in [2.05, 4.69) is 12.2 Å². The summed E-state index contributed by atoms with van der Waals surface area (Å²) < 4.78 is 11.2. The summed E-state index contributed by atoms with van der Waals surface area (Å²) >= 11 is 5.84. The Morgan fingerprint density at radius 1 is 1.14 bits per heavy atom. The number of hydrogen-bond acceptors (Lipinski definition) is 4. The predicted molar refractivity (Wildman–Crippen MR) is 116 cm³/mol. The van der Waals surface area contributed by atoms with Gasteiger partial charge in [0.25, 0.3) is 5.91 Å². The fourth-order valence-electron chi connectivity index (χ4n) is 2.65. The second kappa shape index (κ2) is 11.8. The summed E-state index contributed by atoms with van der Waals surface area (Å²) in [7, 11) is 1.56. The van der Waals surface area contributed by atoms with Crippen LogP contribution in [0.4, 0.5) is 5.69 Å². The van der Waals surface area contributed by atoms with Crippen molar-refractivity contribution in [3.63, 3.8) is 0 Å². The van der Waals surface area contributed by atoms with Crippen molar-refractivity contribution in [3.05, 3.63) is 58.6 Å². The first-order valence-electron chi connectivity index (χ1n) is 9.57. The van der Waals surface area contributed by atoms with E-state index in [0.29, 0.717) is 34.4 Å². The van der Waals surface area contributed by atoms with Gasteiger partial charge in [0.2, 0.25) is 0 Å². The Labute approximate surface area is 176 Å². The van der Waals surface area contributed by atoms with E-state index in [-0.39, 0.29) is 5.57 Å². The first-order chi connectivity index (χ1) is 14.1. The molecule has 0 aliphatic carbocycles. The topological polar surface area (TPSA) is 71.3 Å². The SMILES string of the molecule is CCCCCCOc1ccc(C=C(C#N)C(=O)Nc2ccc(Cl)cc2)cc1OC. The summed E-state index contributed by atoms with van der Waals surface area (Å²) in [6.45, 7) is 2.79. The lowest BCUT2D eigenvalue weighted by Crippen LogP contribution is -2.13. The molecule has 0 saturated carbocycles. The fraction of sp³-hybridized carbons (Fsp3) is 0.304. The molecule has 0 fully saturated rings. The first kappa shape index (κ1) is 22.3. The van der Waals surface area contributed by atoms with Crippen molar-refractivity contribution in [2.75, 3.05) is 19.0 Å². The average Bonchev–Trinajstić information content (AvgIpc) is 2.73. The molecule has 29 heavy (non-hydrogen) atoms. The highest BCUT2D eigenvalue weighted by Gasteiger charge is 2.11. The van der Waals surface area contributed by atoms with Gasteiger partial charge in [-0.25, -0.2) is 0 Å². The molecule has 0 unspecified atom stereocenters. The molecule has 6 heteroatoms. The van der Waals surface area contributed by atoms with Crippen molar-refractivity contribution in [3.8, 4) is 17.6 Å². The molecule has 0 aromatic heterocycles. The average molecular weight is 413 g/mol. The third kappa shape index (κ3) is 7.17. The number of rotatable bonds is 10. The van der Waals surface area contributed by atoms with E-state index in [9.17, 15) is 10.1 Å². The van der Waals surface area contributed by atoms with Crippen molar-refractivity contribution in [1.82, 2.24) is 0 Å². The van der Waals surface area contributed by atoms with Gasteiger partial charge < -0.3 is 14.8 Å². The molecule has 0 spiro atoms. The first-order valence-corrected chi connectivity index (χ1v) is 9.94. The normalized spacial score (nSPS) is 10.9. The summed E-state index contributed by atoms with van der Waals surface area (Å²) in [6.07, 6.45) is 6.01. The van der Waals surface area contributed by atoms with Gasteiger partial charge in [-0.2, -0.15) is 5.26 Å². The van der Waals surface area contributed by atoms with Crippen molar-refractivity contribution >= 4 is 29.3 Å². The van der Waals surface area contributed by atoms with Crippen LogP contribution in [0, 0.1) is 11.3 Å². The van der Waals surface area contributed by atoms with Gasteiger partial charge in [-0.3, -0.25) is 4.79 Å². The molecule has 0 aliphatic rings. The van der Waals surface area contributed by atoms with Gasteiger partial charge in [0.15, 0.2) is 11.5 Å². The third-order valence-corrected chi connectivity index (χ3v) is 4.47. The number of nitrogens with zero attached hydrogens (tertiary/aromatic N) is 1. The molecule has 5 nitrogen and oxygen atoms in total. The van der Waals surface area contributed by atoms with Gasteiger partial charge in [-0.1, -0.05) is 43.9 Å². The highest BCUT2D eigenvalue weighted by Crippen LogP contribution is 2.29. The molecule has 0 aliphatic heterocycles. The van der Waals surface area contributed by atoms with Gasteiger partial charge in [-0.15, -0.1) is 0 Å². The highest BCUT2D eigenvalue weighted by atomic mass is 35.5. The number of anilines is 1. The number of benzene rings is 2. The predicted octanol–water partition coefficient (Wildman–Crippen LogP) is 5.85. The standard InChI is InChI=1S/C23H25ClN2O3/c1-3-4-5-6-13-29-21-12-7-17(15-22(21)28-2)14-18(16-25)23(27)26-20-10-8-19(24)9-11-20/h7-12,14-15H,3-6,13H2,1-2H3,(H,26,27). The Morgan fingerprint density at radius 3 is 2.55 bits per heavy atom. The van der Waals surface area contributed by atoms with Crippen LogP contribution in [-0.4, -0.2) is 19.6 Å². The van der Waals surface area contributed by atoms with E-state index in [4.69, 9.17) is 21.1 Å². The smallest absolute Gasteiger partial charge is 0.266 e. The minimum atomic E-state index is -0.495. The Balaban J connectivity index is 2.08. The van der Waals surface area contributed by atoms with Crippen LogP contribution >= 0.6 is 11.6 Å². The van der Waals surface area contributed by atoms with Crippen LogP contribution in [0.1, 0.15) is 38.2 Å². The Bertz CT molecular complexity index is 886. The van der Waals surface area contributed by atoms with Crippen LogP contribution in [0.5, 0.6) is 11.5 Å². The van der Waals surface area contributed by atoms with Crippen LogP contribution in [0.2, 0.25) is 5.02 Å². The van der Waals surface area contributed by atoms with E-state index in [0.717, 1.165) is 12.8 Å². The van der Waals surface area contributed by atoms with Gasteiger partial charge in [0, 0.05) is 10.7 Å². The summed E-state index contributed by atoms with van der Waals surface area (Å²) in [4.78, 5) is 12.4. The summed E-state index contributed by atoms with van der Waals surface area (Å²) in [5.74, 6) is 0.708. The van der Waals surface area contributed by atoms with Gasteiger partial charge in [0.05, 0.1) is 13.7 Å². The molecule has 2 aromatic rings. The summed E-state index contributed by atoms with van der Waals surface area (Å²) in [5.41, 5.74) is 1.21. The number of hydrogen-bond donors (Lipinski definition) is 1. The molecular formula is C23H25ClN2O3. The number of ether oxygens (including phenoxy) is 2. The van der Waals surface area contributed by atoms with Crippen molar-refractivity contribution in [1.29, 1.82) is 5.26 Å². The molecular weight excluding hydrogens is 388 g/mol. The van der Waals surface area contributed by atoms with Gasteiger partial charge in [0.1, 0.15) is 11.6 Å². The number of carbonyl (C=O) groups is 1. The number of carbonyl (C=O) groups excluding carboxylic acids is 1. The minimum absolute atomic E-state index is 0.0183. The van der Waals surface area contributed by atoms with E-state index >= 15 is 0 Å². The molecule has 0 heterocycles. The molecule has 1 amide bonds. The quantitative estimate of drug-likeness (QED) is 0.301. The lowest BCUT2D eigenvalue weighted by molar-refractivity contribution is -0.112. The van der Waals surface area contributed by atoms with E-state index in [1.807, 2.05) is 6.07 Å².